The van der Waals surface area contributed by atoms with Crippen LogP contribution in [0.25, 0.3) is 12.2 Å². The summed E-state index contributed by atoms with van der Waals surface area (Å²) in [5.74, 6) is -0.0482. The number of phenolic OH excluding ortho intramolecular Hbond substituents is 2. The van der Waals surface area contributed by atoms with E-state index in [1.165, 1.54) is 12.1 Å². The molecule has 0 radical (unpaired) electrons. The Hall–Kier alpha value is -2.62. The van der Waals surface area contributed by atoms with Gasteiger partial charge in [0.1, 0.15) is 30.2 Å². The van der Waals surface area contributed by atoms with E-state index in [1.54, 1.807) is 42.5 Å². The molecule has 1 saturated heterocycles. The summed E-state index contributed by atoms with van der Waals surface area (Å²) in [5.41, 5.74) is 1.52. The lowest BCUT2D eigenvalue weighted by molar-refractivity contribution is -0.277. The summed E-state index contributed by atoms with van der Waals surface area (Å²) in [6, 6.07) is 11.1. The van der Waals surface area contributed by atoms with Crippen molar-refractivity contribution < 1.29 is 40.1 Å². The molecule has 5 atom stereocenters. The molecule has 2 aromatic carbocycles. The molecule has 0 aliphatic carbocycles. The van der Waals surface area contributed by atoms with Gasteiger partial charge in [-0.1, -0.05) is 30.4 Å². The van der Waals surface area contributed by atoms with Gasteiger partial charge >= 0.3 is 0 Å². The maximum atomic E-state index is 10.1. The van der Waals surface area contributed by atoms with Crippen molar-refractivity contribution in [3.8, 4) is 17.2 Å². The number of rotatable bonds is 5. The molecule has 8 nitrogen and oxygen atoms in total. The van der Waals surface area contributed by atoms with Gasteiger partial charge in [0.2, 0.25) is 6.29 Å². The van der Waals surface area contributed by atoms with Gasteiger partial charge in [-0.3, -0.25) is 0 Å². The summed E-state index contributed by atoms with van der Waals surface area (Å²) >= 11 is 0. The van der Waals surface area contributed by atoms with Gasteiger partial charge in [-0.05, 0) is 35.4 Å². The molecular formula is C20H22O8. The predicted octanol–water partition coefficient (Wildman–Crippen LogP) is 0.447. The Balaban J connectivity index is 1.77. The molecule has 1 heterocycles. The highest BCUT2D eigenvalue weighted by Gasteiger charge is 2.44. The quantitative estimate of drug-likeness (QED) is 0.405. The Morgan fingerprint density at radius 2 is 1.50 bits per heavy atom. The third-order valence-corrected chi connectivity index (χ3v) is 4.44. The van der Waals surface area contributed by atoms with Crippen molar-refractivity contribution in [2.24, 2.45) is 0 Å². The Labute approximate surface area is 161 Å². The molecule has 1 fully saturated rings. The van der Waals surface area contributed by atoms with Crippen LogP contribution < -0.4 is 4.74 Å². The Morgan fingerprint density at radius 3 is 2.18 bits per heavy atom. The first-order chi connectivity index (χ1) is 13.4. The van der Waals surface area contributed by atoms with Crippen molar-refractivity contribution in [2.75, 3.05) is 6.61 Å². The van der Waals surface area contributed by atoms with Crippen LogP contribution in [-0.2, 0) is 4.74 Å². The van der Waals surface area contributed by atoms with E-state index in [-0.39, 0.29) is 17.2 Å². The molecule has 8 heteroatoms. The van der Waals surface area contributed by atoms with Gasteiger partial charge in [0, 0.05) is 0 Å². The third kappa shape index (κ3) is 4.44. The van der Waals surface area contributed by atoms with Crippen LogP contribution in [0.1, 0.15) is 11.1 Å². The summed E-state index contributed by atoms with van der Waals surface area (Å²) in [7, 11) is 0. The molecule has 150 valence electrons. The monoisotopic (exact) mass is 390 g/mol. The van der Waals surface area contributed by atoms with Crippen molar-refractivity contribution in [1.29, 1.82) is 0 Å². The average molecular weight is 390 g/mol. The Morgan fingerprint density at radius 1 is 0.857 bits per heavy atom. The highest BCUT2D eigenvalue weighted by Crippen LogP contribution is 2.31. The summed E-state index contributed by atoms with van der Waals surface area (Å²) in [6.45, 7) is -0.577. The van der Waals surface area contributed by atoms with Crippen LogP contribution in [0.4, 0.5) is 0 Å². The van der Waals surface area contributed by atoms with Gasteiger partial charge in [0.05, 0.1) is 6.61 Å². The molecule has 0 spiro atoms. The van der Waals surface area contributed by atoms with E-state index < -0.39 is 37.3 Å². The van der Waals surface area contributed by atoms with Gasteiger partial charge in [-0.15, -0.1) is 0 Å². The minimum absolute atomic E-state index is 0.00261. The average Bonchev–Trinajstić information content (AvgIpc) is 2.70. The number of aliphatic hydroxyl groups excluding tert-OH is 4. The third-order valence-electron chi connectivity index (χ3n) is 4.44. The van der Waals surface area contributed by atoms with E-state index in [0.717, 1.165) is 5.56 Å². The summed E-state index contributed by atoms with van der Waals surface area (Å²) < 4.78 is 10.8. The lowest BCUT2D eigenvalue weighted by Gasteiger charge is -2.39. The first kappa shape index (κ1) is 20.1. The van der Waals surface area contributed by atoms with Crippen molar-refractivity contribution in [3.05, 3.63) is 53.6 Å². The number of phenols is 2. The maximum absolute atomic E-state index is 10.1. The van der Waals surface area contributed by atoms with E-state index >= 15 is 0 Å². The molecule has 6 N–H and O–H groups in total. The number of benzene rings is 2. The SMILES string of the molecule is OC[C@H]1O[C@@H](Oc2cc(/C=C/c3ccc(O)cc3)ccc2O)[C@H](O)[C@@H](O)[C@@H]1O. The molecule has 0 amide bonds. The van der Waals surface area contributed by atoms with Crippen molar-refractivity contribution in [1.82, 2.24) is 0 Å². The lowest BCUT2D eigenvalue weighted by Crippen LogP contribution is -2.60. The molecule has 1 aliphatic heterocycles. The smallest absolute Gasteiger partial charge is 0.229 e. The van der Waals surface area contributed by atoms with Gasteiger partial charge in [-0.2, -0.15) is 0 Å². The Bertz CT molecular complexity index is 817. The minimum atomic E-state index is -1.58. The molecule has 0 aromatic heterocycles. The van der Waals surface area contributed by atoms with Gasteiger partial charge < -0.3 is 40.1 Å². The largest absolute Gasteiger partial charge is 0.508 e. The molecule has 1 aliphatic rings. The van der Waals surface area contributed by atoms with E-state index in [1.807, 2.05) is 0 Å². The second-order valence-electron chi connectivity index (χ2n) is 6.47. The number of hydrogen-bond donors (Lipinski definition) is 6. The van der Waals surface area contributed by atoms with Gasteiger partial charge in [0.15, 0.2) is 11.5 Å². The zero-order valence-corrected chi connectivity index (χ0v) is 14.8. The lowest BCUT2D eigenvalue weighted by atomic mass is 9.99. The molecule has 3 rings (SSSR count). The standard InChI is InChI=1S/C20H22O8/c21-10-16-17(24)18(25)19(26)20(28-16)27-15-9-12(5-8-14(15)23)2-1-11-3-6-13(22)7-4-11/h1-9,16-26H,10H2/b2-1+/t16-,17-,18+,19-,20-/m1/s1. The van der Waals surface area contributed by atoms with Crippen LogP contribution in [0.3, 0.4) is 0 Å². The zero-order chi connectivity index (χ0) is 20.3. The van der Waals surface area contributed by atoms with Gasteiger partial charge in [0.25, 0.3) is 0 Å². The van der Waals surface area contributed by atoms with Crippen LogP contribution in [0.2, 0.25) is 0 Å². The molecule has 0 bridgehead atoms. The maximum Gasteiger partial charge on any atom is 0.229 e. The van der Waals surface area contributed by atoms with E-state index in [4.69, 9.17) is 9.47 Å². The molecule has 0 saturated carbocycles. The van der Waals surface area contributed by atoms with Crippen LogP contribution in [0.15, 0.2) is 42.5 Å². The first-order valence-corrected chi connectivity index (χ1v) is 8.66. The van der Waals surface area contributed by atoms with Crippen LogP contribution in [0.5, 0.6) is 17.2 Å². The van der Waals surface area contributed by atoms with Crippen LogP contribution in [-0.4, -0.2) is 68.0 Å². The highest BCUT2D eigenvalue weighted by molar-refractivity contribution is 5.71. The van der Waals surface area contributed by atoms with Gasteiger partial charge in [-0.25, -0.2) is 0 Å². The number of ether oxygens (including phenoxy) is 2. The Kier molecular flexibility index (Phi) is 6.18. The second kappa shape index (κ2) is 8.59. The fraction of sp³-hybridized carbons (Fsp3) is 0.300. The van der Waals surface area contributed by atoms with E-state index in [0.29, 0.717) is 5.56 Å². The van der Waals surface area contributed by atoms with Crippen molar-refractivity contribution in [2.45, 2.75) is 30.7 Å². The predicted molar refractivity (Wildman–Crippen MR) is 99.5 cm³/mol. The summed E-state index contributed by atoms with van der Waals surface area (Å²) in [4.78, 5) is 0. The number of hydrogen-bond acceptors (Lipinski definition) is 8. The first-order valence-electron chi connectivity index (χ1n) is 8.66. The van der Waals surface area contributed by atoms with E-state index in [2.05, 4.69) is 0 Å². The zero-order valence-electron chi connectivity index (χ0n) is 14.8. The molecule has 28 heavy (non-hydrogen) atoms. The van der Waals surface area contributed by atoms with Crippen LogP contribution >= 0.6 is 0 Å². The molecule has 2 aromatic rings. The normalized spacial score (nSPS) is 27.8. The topological polar surface area (TPSA) is 140 Å². The van der Waals surface area contributed by atoms with E-state index in [9.17, 15) is 30.6 Å². The fourth-order valence-corrected chi connectivity index (χ4v) is 2.80. The molecule has 0 unspecified atom stereocenters. The number of aliphatic hydroxyl groups is 4. The van der Waals surface area contributed by atoms with Crippen molar-refractivity contribution >= 4 is 12.2 Å². The number of aromatic hydroxyl groups is 2. The summed E-state index contributed by atoms with van der Waals surface area (Å²) in [6.07, 6.45) is -3.59. The van der Waals surface area contributed by atoms with Crippen LogP contribution in [0, 0.1) is 0 Å². The highest BCUT2D eigenvalue weighted by atomic mass is 16.7. The fourth-order valence-electron chi connectivity index (χ4n) is 2.80. The summed E-state index contributed by atoms with van der Waals surface area (Å²) in [5, 5.41) is 58.3. The minimum Gasteiger partial charge on any atom is -0.508 e. The second-order valence-corrected chi connectivity index (χ2v) is 6.47. The van der Waals surface area contributed by atoms with Crippen molar-refractivity contribution in [3.63, 3.8) is 0 Å². The molecular weight excluding hydrogens is 368 g/mol.